The average Bonchev–Trinajstić information content (AvgIpc) is 3.26. The molecular formula is C26H22F3N5O2. The second-order valence-corrected chi connectivity index (χ2v) is 9.32. The standard InChI is InChI=1S/C26H22F3N5O2/c27-26(28,29)22-7-5-17-21(13-36-24(17)33-22)34(12-14-2-1-3-14)25(35)15-4-6-20-18(10-15)19-11-31-9-8-16(19)23(30)32-20/h4-11,14,21H,1-3,12-13H2,(H2,30,32). The maximum Gasteiger partial charge on any atom is 0.433 e. The van der Waals surface area contributed by atoms with Crippen molar-refractivity contribution in [1.82, 2.24) is 19.9 Å². The number of hydrogen-bond acceptors (Lipinski definition) is 6. The van der Waals surface area contributed by atoms with Crippen LogP contribution in [-0.4, -0.2) is 38.9 Å². The summed E-state index contributed by atoms with van der Waals surface area (Å²) in [5.41, 5.74) is 6.68. The fourth-order valence-corrected chi connectivity index (χ4v) is 4.96. The number of benzene rings is 1. The molecule has 1 aliphatic carbocycles. The largest absolute Gasteiger partial charge is 0.475 e. The summed E-state index contributed by atoms with van der Waals surface area (Å²) < 4.78 is 45.0. The van der Waals surface area contributed by atoms with E-state index in [2.05, 4.69) is 15.0 Å². The predicted molar refractivity (Wildman–Crippen MR) is 127 cm³/mol. The number of anilines is 1. The first-order chi connectivity index (χ1) is 17.3. The highest BCUT2D eigenvalue weighted by molar-refractivity contribution is 6.11. The van der Waals surface area contributed by atoms with Gasteiger partial charge in [0.1, 0.15) is 18.1 Å². The van der Waals surface area contributed by atoms with Crippen LogP contribution in [0.5, 0.6) is 5.88 Å². The van der Waals surface area contributed by atoms with Crippen LogP contribution >= 0.6 is 0 Å². The number of carbonyl (C=O) groups is 1. The molecule has 10 heteroatoms. The number of amides is 1. The van der Waals surface area contributed by atoms with Crippen molar-refractivity contribution in [2.45, 2.75) is 31.5 Å². The first-order valence-corrected chi connectivity index (χ1v) is 11.7. The van der Waals surface area contributed by atoms with Crippen molar-refractivity contribution in [3.8, 4) is 5.88 Å². The van der Waals surface area contributed by atoms with Crippen molar-refractivity contribution < 1.29 is 22.7 Å². The Balaban J connectivity index is 1.40. The van der Waals surface area contributed by atoms with Gasteiger partial charge >= 0.3 is 6.18 Å². The lowest BCUT2D eigenvalue weighted by molar-refractivity contribution is -0.141. The molecule has 1 atom stereocenters. The first-order valence-electron chi connectivity index (χ1n) is 11.7. The second kappa shape index (κ2) is 8.32. The minimum Gasteiger partial charge on any atom is -0.475 e. The highest BCUT2D eigenvalue weighted by atomic mass is 19.4. The number of nitrogen functional groups attached to an aromatic ring is 1. The van der Waals surface area contributed by atoms with Gasteiger partial charge in [0.05, 0.1) is 11.6 Å². The number of carbonyl (C=O) groups excluding carboxylic acids is 1. The molecule has 6 rings (SSSR count). The summed E-state index contributed by atoms with van der Waals surface area (Å²) in [6, 6.07) is 8.81. The molecular weight excluding hydrogens is 471 g/mol. The molecule has 1 saturated carbocycles. The van der Waals surface area contributed by atoms with Gasteiger partial charge in [-0.25, -0.2) is 9.97 Å². The zero-order valence-corrected chi connectivity index (χ0v) is 19.1. The van der Waals surface area contributed by atoms with Crippen LogP contribution in [0.1, 0.15) is 46.9 Å². The van der Waals surface area contributed by atoms with E-state index in [9.17, 15) is 18.0 Å². The molecule has 3 aromatic heterocycles. The summed E-state index contributed by atoms with van der Waals surface area (Å²) >= 11 is 0. The van der Waals surface area contributed by atoms with E-state index in [0.717, 1.165) is 41.5 Å². The van der Waals surface area contributed by atoms with E-state index in [1.54, 1.807) is 41.6 Å². The van der Waals surface area contributed by atoms with Crippen LogP contribution in [0.4, 0.5) is 19.0 Å². The van der Waals surface area contributed by atoms with Gasteiger partial charge in [0, 0.05) is 46.2 Å². The van der Waals surface area contributed by atoms with Gasteiger partial charge in [0.15, 0.2) is 0 Å². The average molecular weight is 493 g/mol. The maximum absolute atomic E-state index is 13.9. The third kappa shape index (κ3) is 3.77. The Morgan fingerprint density at radius 2 is 1.92 bits per heavy atom. The maximum atomic E-state index is 13.9. The Labute approximate surface area is 204 Å². The van der Waals surface area contributed by atoms with Gasteiger partial charge in [-0.1, -0.05) is 6.42 Å². The molecule has 1 aromatic carbocycles. The van der Waals surface area contributed by atoms with E-state index >= 15 is 0 Å². The number of nitrogens with two attached hydrogens (primary N) is 1. The number of halogens is 3. The third-order valence-corrected chi connectivity index (χ3v) is 7.11. The Kier molecular flexibility index (Phi) is 5.20. The quantitative estimate of drug-likeness (QED) is 0.395. The van der Waals surface area contributed by atoms with Crippen molar-refractivity contribution in [2.75, 3.05) is 18.9 Å². The van der Waals surface area contributed by atoms with Gasteiger partial charge in [0.2, 0.25) is 5.88 Å². The summed E-state index contributed by atoms with van der Waals surface area (Å²) in [7, 11) is 0. The number of aromatic nitrogens is 3. The van der Waals surface area contributed by atoms with Gasteiger partial charge in [-0.2, -0.15) is 13.2 Å². The number of hydrogen-bond donors (Lipinski definition) is 1. The van der Waals surface area contributed by atoms with Gasteiger partial charge in [-0.05, 0) is 55.2 Å². The fourth-order valence-electron chi connectivity index (χ4n) is 4.96. The molecule has 2 aliphatic rings. The monoisotopic (exact) mass is 493 g/mol. The molecule has 7 nitrogen and oxygen atoms in total. The number of nitrogens with zero attached hydrogens (tertiary/aromatic N) is 4. The topological polar surface area (TPSA) is 94.2 Å². The lowest BCUT2D eigenvalue weighted by atomic mass is 9.84. The first kappa shape index (κ1) is 22.5. The lowest BCUT2D eigenvalue weighted by Crippen LogP contribution is -2.40. The normalized spacial score (nSPS) is 17.6. The predicted octanol–water partition coefficient (Wildman–Crippen LogP) is 5.16. The van der Waals surface area contributed by atoms with Crippen LogP contribution in [0.3, 0.4) is 0 Å². The molecule has 1 fully saturated rings. The van der Waals surface area contributed by atoms with E-state index in [1.165, 1.54) is 6.07 Å². The highest BCUT2D eigenvalue weighted by Crippen LogP contribution is 2.40. The van der Waals surface area contributed by atoms with Crippen molar-refractivity contribution in [2.24, 2.45) is 5.92 Å². The van der Waals surface area contributed by atoms with E-state index in [0.29, 0.717) is 34.9 Å². The van der Waals surface area contributed by atoms with Crippen molar-refractivity contribution in [3.05, 3.63) is 65.6 Å². The van der Waals surface area contributed by atoms with Crippen LogP contribution in [0.15, 0.2) is 48.8 Å². The number of fused-ring (bicyclic) bond motifs is 4. The molecule has 1 amide bonds. The van der Waals surface area contributed by atoms with Crippen LogP contribution in [0, 0.1) is 5.92 Å². The van der Waals surface area contributed by atoms with Crippen LogP contribution < -0.4 is 10.5 Å². The van der Waals surface area contributed by atoms with Gasteiger partial charge in [-0.15, -0.1) is 0 Å². The Bertz CT molecular complexity index is 1500. The van der Waals surface area contributed by atoms with E-state index < -0.39 is 17.9 Å². The molecule has 4 heterocycles. The van der Waals surface area contributed by atoms with Gasteiger partial charge in [0.25, 0.3) is 5.91 Å². The summed E-state index contributed by atoms with van der Waals surface area (Å²) in [4.78, 5) is 28.0. The third-order valence-electron chi connectivity index (χ3n) is 7.11. The summed E-state index contributed by atoms with van der Waals surface area (Å²) in [6.45, 7) is 0.550. The molecule has 4 aromatic rings. The zero-order valence-electron chi connectivity index (χ0n) is 19.1. The number of rotatable bonds is 4. The molecule has 36 heavy (non-hydrogen) atoms. The minimum absolute atomic E-state index is 0.0562. The fraction of sp³-hybridized carbons (Fsp3) is 0.308. The van der Waals surface area contributed by atoms with E-state index in [1.807, 2.05) is 0 Å². The lowest BCUT2D eigenvalue weighted by Gasteiger charge is -2.35. The van der Waals surface area contributed by atoms with Crippen molar-refractivity contribution >= 4 is 33.4 Å². The Hall–Kier alpha value is -3.95. The summed E-state index contributed by atoms with van der Waals surface area (Å²) in [5.74, 6) is 0.430. The number of pyridine rings is 3. The van der Waals surface area contributed by atoms with E-state index in [4.69, 9.17) is 10.5 Å². The minimum atomic E-state index is -4.57. The van der Waals surface area contributed by atoms with Gasteiger partial charge in [-0.3, -0.25) is 9.78 Å². The summed E-state index contributed by atoms with van der Waals surface area (Å²) in [6.07, 6.45) is 1.87. The molecule has 0 spiro atoms. The molecule has 2 N–H and O–H groups in total. The highest BCUT2D eigenvalue weighted by Gasteiger charge is 2.39. The van der Waals surface area contributed by atoms with Crippen LogP contribution in [-0.2, 0) is 6.18 Å². The number of ether oxygens (including phenoxy) is 1. The SMILES string of the molecule is Nc1nc2ccc(C(=O)N(CC3CCC3)C3COc4nc(C(F)(F)F)ccc43)cc2c2cnccc12. The van der Waals surface area contributed by atoms with Crippen LogP contribution in [0.25, 0.3) is 21.7 Å². The van der Waals surface area contributed by atoms with E-state index in [-0.39, 0.29) is 18.4 Å². The van der Waals surface area contributed by atoms with Crippen LogP contribution in [0.2, 0.25) is 0 Å². The zero-order chi connectivity index (χ0) is 25.0. The van der Waals surface area contributed by atoms with Crippen molar-refractivity contribution in [3.63, 3.8) is 0 Å². The molecule has 0 bridgehead atoms. The Morgan fingerprint density at radius 1 is 1.08 bits per heavy atom. The number of alkyl halides is 3. The summed E-state index contributed by atoms with van der Waals surface area (Å²) in [5, 5.41) is 2.29. The van der Waals surface area contributed by atoms with Gasteiger partial charge < -0.3 is 15.4 Å². The second-order valence-electron chi connectivity index (χ2n) is 9.32. The molecule has 1 aliphatic heterocycles. The molecule has 1 unspecified atom stereocenters. The molecule has 184 valence electrons. The Morgan fingerprint density at radius 3 is 2.67 bits per heavy atom. The molecule has 0 saturated heterocycles. The molecule has 0 radical (unpaired) electrons. The smallest absolute Gasteiger partial charge is 0.433 e. The van der Waals surface area contributed by atoms with Crippen molar-refractivity contribution in [1.29, 1.82) is 0 Å².